The number of halogens is 1. The molecule has 0 saturated heterocycles. The summed E-state index contributed by atoms with van der Waals surface area (Å²) < 4.78 is 16.3. The van der Waals surface area contributed by atoms with E-state index in [9.17, 15) is 14.7 Å². The minimum absolute atomic E-state index is 0.191. The molecule has 1 aromatic rings. The Kier molecular flexibility index (Phi) is 6.27. The maximum Gasteiger partial charge on any atom is 0.330 e. The predicted octanol–water partition coefficient (Wildman–Crippen LogP) is 3.14. The van der Waals surface area contributed by atoms with Crippen LogP contribution in [0, 0.1) is 5.41 Å². The van der Waals surface area contributed by atoms with Gasteiger partial charge in [-0.2, -0.15) is 0 Å². The first-order chi connectivity index (χ1) is 12.6. The Labute approximate surface area is 163 Å². The van der Waals surface area contributed by atoms with Gasteiger partial charge in [0.1, 0.15) is 5.54 Å². The average Bonchev–Trinajstić information content (AvgIpc) is 2.61. The van der Waals surface area contributed by atoms with Crippen LogP contribution in [0.4, 0.5) is 0 Å². The summed E-state index contributed by atoms with van der Waals surface area (Å²) in [5.74, 6) is -1.00. The lowest BCUT2D eigenvalue weighted by Crippen LogP contribution is -2.76. The molecule has 0 aromatic heterocycles. The normalized spacial score (nSPS) is 23.3. The smallest absolute Gasteiger partial charge is 0.330 e. The fourth-order valence-electron chi connectivity index (χ4n) is 3.44. The Hall–Kier alpha value is -1.99. The summed E-state index contributed by atoms with van der Waals surface area (Å²) in [6.07, 6.45) is -0.0612. The molecule has 1 aliphatic rings. The fraction of sp³-hybridized carbons (Fsp3) is 0.579. The molecule has 2 rings (SSSR count). The summed E-state index contributed by atoms with van der Waals surface area (Å²) in [5.41, 5.74) is -2.01. The molecule has 0 spiro atoms. The molecule has 2 N–H and O–H groups in total. The van der Waals surface area contributed by atoms with Crippen LogP contribution in [0.25, 0.3) is 0 Å². The maximum atomic E-state index is 12.8. The maximum absolute atomic E-state index is 12.8. The van der Waals surface area contributed by atoms with Crippen LogP contribution in [-0.2, 0) is 9.53 Å². The lowest BCUT2D eigenvalue weighted by atomic mass is 9.54. The molecule has 1 fully saturated rings. The first-order valence-corrected chi connectivity index (χ1v) is 9.20. The van der Waals surface area contributed by atoms with Gasteiger partial charge in [-0.1, -0.05) is 25.4 Å². The van der Waals surface area contributed by atoms with Crippen molar-refractivity contribution in [1.82, 2.24) is 5.32 Å². The molecule has 0 heterocycles. The van der Waals surface area contributed by atoms with Crippen molar-refractivity contribution in [2.24, 2.45) is 5.41 Å². The van der Waals surface area contributed by atoms with Crippen molar-refractivity contribution in [2.45, 2.75) is 45.8 Å². The highest BCUT2D eigenvalue weighted by Crippen LogP contribution is 2.51. The van der Waals surface area contributed by atoms with E-state index in [-0.39, 0.29) is 23.1 Å². The van der Waals surface area contributed by atoms with Crippen molar-refractivity contribution in [1.29, 1.82) is 0 Å². The van der Waals surface area contributed by atoms with Gasteiger partial charge in [0.05, 0.1) is 24.8 Å². The van der Waals surface area contributed by atoms with Crippen molar-refractivity contribution in [2.75, 3.05) is 20.3 Å². The van der Waals surface area contributed by atoms with Gasteiger partial charge in [0.25, 0.3) is 5.91 Å². The largest absolute Gasteiger partial charge is 0.493 e. The number of carboxylic acids is 1. The number of hydrogen-bond donors (Lipinski definition) is 2. The van der Waals surface area contributed by atoms with Gasteiger partial charge in [-0.05, 0) is 26.0 Å². The molecule has 2 unspecified atom stereocenters. The molecule has 1 aliphatic carbocycles. The van der Waals surface area contributed by atoms with Crippen LogP contribution in [0.1, 0.15) is 44.5 Å². The molecule has 0 radical (unpaired) electrons. The van der Waals surface area contributed by atoms with E-state index >= 15 is 0 Å². The van der Waals surface area contributed by atoms with E-state index in [0.29, 0.717) is 24.7 Å². The van der Waals surface area contributed by atoms with E-state index < -0.39 is 22.8 Å². The molecule has 27 heavy (non-hydrogen) atoms. The zero-order valence-corrected chi connectivity index (χ0v) is 17.0. The lowest BCUT2D eigenvalue weighted by Gasteiger charge is -2.58. The topological polar surface area (TPSA) is 94.1 Å². The van der Waals surface area contributed by atoms with Gasteiger partial charge in [-0.25, -0.2) is 4.79 Å². The van der Waals surface area contributed by atoms with Crippen LogP contribution in [-0.4, -0.2) is 48.9 Å². The summed E-state index contributed by atoms with van der Waals surface area (Å²) in [4.78, 5) is 24.9. The minimum Gasteiger partial charge on any atom is -0.493 e. The standard InChI is InChI=1S/C19H26ClNO6/c1-6-26-14-10-19(17(23)24,18(14,3)4)21-16(22)11-8-12(20)15(27-7-2)13(9-11)25-5/h8-9,14H,6-7,10H2,1-5H3,(H,21,22)(H,23,24). The lowest BCUT2D eigenvalue weighted by molar-refractivity contribution is -0.190. The number of ether oxygens (including phenoxy) is 3. The predicted molar refractivity (Wildman–Crippen MR) is 101 cm³/mol. The molecule has 7 nitrogen and oxygen atoms in total. The van der Waals surface area contributed by atoms with Crippen LogP contribution in [0.15, 0.2) is 12.1 Å². The van der Waals surface area contributed by atoms with Gasteiger partial charge in [0.15, 0.2) is 11.5 Å². The molecule has 1 saturated carbocycles. The summed E-state index contributed by atoms with van der Waals surface area (Å²) in [6, 6.07) is 2.92. The third-order valence-electron chi connectivity index (χ3n) is 5.24. The number of hydrogen-bond acceptors (Lipinski definition) is 5. The number of methoxy groups -OCH3 is 1. The van der Waals surface area contributed by atoms with Crippen LogP contribution in [0.3, 0.4) is 0 Å². The number of carbonyl (C=O) groups is 2. The molecule has 0 bridgehead atoms. The van der Waals surface area contributed by atoms with Gasteiger partial charge in [0.2, 0.25) is 0 Å². The second kappa shape index (κ2) is 7.94. The van der Waals surface area contributed by atoms with Crippen LogP contribution in [0.2, 0.25) is 5.02 Å². The minimum atomic E-state index is -1.43. The van der Waals surface area contributed by atoms with Crippen molar-refractivity contribution in [3.8, 4) is 11.5 Å². The van der Waals surface area contributed by atoms with Gasteiger partial charge < -0.3 is 24.6 Å². The third kappa shape index (κ3) is 3.58. The monoisotopic (exact) mass is 399 g/mol. The Bertz CT molecular complexity index is 735. The highest BCUT2D eigenvalue weighted by molar-refractivity contribution is 6.32. The summed E-state index contributed by atoms with van der Waals surface area (Å²) in [5, 5.41) is 12.7. The van der Waals surface area contributed by atoms with E-state index in [1.807, 2.05) is 6.92 Å². The van der Waals surface area contributed by atoms with E-state index in [1.165, 1.54) is 19.2 Å². The number of carbonyl (C=O) groups excluding carboxylic acids is 1. The van der Waals surface area contributed by atoms with Crippen molar-refractivity contribution in [3.05, 3.63) is 22.7 Å². The molecule has 0 aliphatic heterocycles. The summed E-state index contributed by atoms with van der Waals surface area (Å²) in [7, 11) is 1.44. The van der Waals surface area contributed by atoms with Gasteiger partial charge in [0, 0.05) is 24.0 Å². The first-order valence-electron chi connectivity index (χ1n) is 8.82. The average molecular weight is 400 g/mol. The Morgan fingerprint density at radius 2 is 1.96 bits per heavy atom. The number of amides is 1. The van der Waals surface area contributed by atoms with Gasteiger partial charge in [-0.15, -0.1) is 0 Å². The Morgan fingerprint density at radius 3 is 2.44 bits per heavy atom. The van der Waals surface area contributed by atoms with Crippen LogP contribution in [0.5, 0.6) is 11.5 Å². The second-order valence-corrected chi connectivity index (χ2v) is 7.36. The number of nitrogens with one attached hydrogen (secondary N) is 1. The number of aliphatic carboxylic acids is 1. The van der Waals surface area contributed by atoms with E-state index in [4.69, 9.17) is 25.8 Å². The molecule has 150 valence electrons. The zero-order chi connectivity index (χ0) is 20.4. The summed E-state index contributed by atoms with van der Waals surface area (Å²) >= 11 is 6.22. The second-order valence-electron chi connectivity index (χ2n) is 6.96. The number of rotatable bonds is 8. The Balaban J connectivity index is 2.33. The molecular weight excluding hydrogens is 374 g/mol. The van der Waals surface area contributed by atoms with Crippen LogP contribution >= 0.6 is 11.6 Å². The van der Waals surface area contributed by atoms with Crippen molar-refractivity contribution < 1.29 is 28.9 Å². The SMILES string of the molecule is CCOc1c(Cl)cc(C(=O)NC2(C(=O)O)CC(OCC)C2(C)C)cc1OC. The van der Waals surface area contributed by atoms with E-state index in [2.05, 4.69) is 5.32 Å². The van der Waals surface area contributed by atoms with Crippen molar-refractivity contribution in [3.63, 3.8) is 0 Å². The quantitative estimate of drug-likeness (QED) is 0.697. The number of carboxylic acid groups (broad SMARTS) is 1. The highest BCUT2D eigenvalue weighted by Gasteiger charge is 2.66. The summed E-state index contributed by atoms with van der Waals surface area (Å²) in [6.45, 7) is 8.07. The zero-order valence-electron chi connectivity index (χ0n) is 16.2. The fourth-order valence-corrected chi connectivity index (χ4v) is 3.70. The molecular formula is C19H26ClNO6. The molecule has 2 atom stereocenters. The van der Waals surface area contributed by atoms with E-state index in [0.717, 1.165) is 0 Å². The first kappa shape index (κ1) is 21.3. The van der Waals surface area contributed by atoms with Gasteiger partial charge >= 0.3 is 5.97 Å². The third-order valence-corrected chi connectivity index (χ3v) is 5.52. The highest BCUT2D eigenvalue weighted by atomic mass is 35.5. The van der Waals surface area contributed by atoms with Gasteiger partial charge in [-0.3, -0.25) is 4.79 Å². The van der Waals surface area contributed by atoms with E-state index in [1.54, 1.807) is 20.8 Å². The molecule has 8 heteroatoms. The molecule has 1 amide bonds. The van der Waals surface area contributed by atoms with Crippen molar-refractivity contribution >= 4 is 23.5 Å². The Morgan fingerprint density at radius 1 is 1.30 bits per heavy atom. The molecule has 1 aromatic carbocycles. The number of benzene rings is 1. The van der Waals surface area contributed by atoms with Crippen LogP contribution < -0.4 is 14.8 Å².